The number of hydrogen-bond acceptors (Lipinski definition) is 5. The zero-order valence-electron chi connectivity index (χ0n) is 17.8. The lowest BCUT2D eigenvalue weighted by atomic mass is 9.93. The highest BCUT2D eigenvalue weighted by Gasteiger charge is 2.30. The first-order valence-corrected chi connectivity index (χ1v) is 11.1. The molecule has 9 heteroatoms. The van der Waals surface area contributed by atoms with Gasteiger partial charge in [0, 0.05) is 31.4 Å². The summed E-state index contributed by atoms with van der Waals surface area (Å²) in [6.07, 6.45) is 5.26. The first kappa shape index (κ1) is 24.5. The van der Waals surface area contributed by atoms with E-state index in [2.05, 4.69) is 20.5 Å². The average Bonchev–Trinajstić information content (AvgIpc) is 2.81. The van der Waals surface area contributed by atoms with Gasteiger partial charge in [0.15, 0.2) is 0 Å². The van der Waals surface area contributed by atoms with Crippen molar-refractivity contribution in [2.75, 3.05) is 36.9 Å². The molecule has 2 fully saturated rings. The van der Waals surface area contributed by atoms with Crippen LogP contribution in [0.5, 0.6) is 0 Å². The first-order valence-electron chi connectivity index (χ1n) is 10.7. The number of carbonyl (C=O) groups is 2. The minimum Gasteiger partial charge on any atom is -0.381 e. The monoisotopic (exact) mass is 478 g/mol. The number of pyridine rings is 1. The van der Waals surface area contributed by atoms with Crippen LogP contribution < -0.4 is 10.6 Å². The summed E-state index contributed by atoms with van der Waals surface area (Å²) in [4.78, 5) is 32.2. The molecule has 2 saturated heterocycles. The van der Waals surface area contributed by atoms with Crippen molar-refractivity contribution < 1.29 is 14.3 Å². The van der Waals surface area contributed by atoms with E-state index in [4.69, 9.17) is 16.3 Å². The Morgan fingerprint density at radius 1 is 1.00 bits per heavy atom. The van der Waals surface area contributed by atoms with Gasteiger partial charge in [-0.1, -0.05) is 23.7 Å². The molecular formula is C23H28Cl2N4O3. The maximum atomic E-state index is 12.9. The molecule has 2 aromatic rings. The summed E-state index contributed by atoms with van der Waals surface area (Å²) < 4.78 is 5.46. The Kier molecular flexibility index (Phi) is 8.87. The predicted octanol–water partition coefficient (Wildman–Crippen LogP) is 4.24. The summed E-state index contributed by atoms with van der Waals surface area (Å²) in [5, 5.41) is 6.21. The molecule has 0 bridgehead atoms. The number of benzene rings is 1. The number of rotatable bonds is 5. The normalized spacial score (nSPS) is 17.9. The van der Waals surface area contributed by atoms with Crippen molar-refractivity contribution in [2.24, 2.45) is 5.92 Å². The van der Waals surface area contributed by atoms with Crippen LogP contribution in [0.1, 0.15) is 36.0 Å². The maximum Gasteiger partial charge on any atom is 0.258 e. The topological polar surface area (TPSA) is 83.6 Å². The van der Waals surface area contributed by atoms with Gasteiger partial charge >= 0.3 is 0 Å². The van der Waals surface area contributed by atoms with Gasteiger partial charge in [-0.3, -0.25) is 9.59 Å². The molecule has 1 aromatic heterocycles. The number of hydrogen-bond donors (Lipinski definition) is 2. The molecule has 1 aromatic carbocycles. The Morgan fingerprint density at radius 3 is 2.41 bits per heavy atom. The van der Waals surface area contributed by atoms with E-state index in [-0.39, 0.29) is 30.1 Å². The van der Waals surface area contributed by atoms with E-state index in [1.54, 1.807) is 36.4 Å². The number of para-hydroxylation sites is 1. The molecule has 2 N–H and O–H groups in total. The third-order valence-electron chi connectivity index (χ3n) is 6.01. The van der Waals surface area contributed by atoms with Crippen molar-refractivity contribution in [3.8, 4) is 0 Å². The Morgan fingerprint density at radius 2 is 1.72 bits per heavy atom. The second kappa shape index (κ2) is 11.6. The van der Waals surface area contributed by atoms with Gasteiger partial charge in [0.2, 0.25) is 5.91 Å². The second-order valence-corrected chi connectivity index (χ2v) is 8.44. The number of aromatic nitrogens is 1. The van der Waals surface area contributed by atoms with Crippen molar-refractivity contribution >= 4 is 47.3 Å². The quantitative estimate of drug-likeness (QED) is 0.671. The third kappa shape index (κ3) is 6.19. The molecule has 32 heavy (non-hydrogen) atoms. The van der Waals surface area contributed by atoms with Crippen LogP contribution in [0.4, 0.5) is 11.5 Å². The Labute approximate surface area is 199 Å². The molecular weight excluding hydrogens is 451 g/mol. The second-order valence-electron chi connectivity index (χ2n) is 8.00. The number of likely N-dealkylation sites (tertiary alicyclic amines) is 1. The smallest absolute Gasteiger partial charge is 0.258 e. The molecule has 172 valence electrons. The molecule has 7 nitrogen and oxygen atoms in total. The van der Waals surface area contributed by atoms with Crippen LogP contribution in [0.25, 0.3) is 0 Å². The largest absolute Gasteiger partial charge is 0.381 e. The number of piperidine rings is 1. The van der Waals surface area contributed by atoms with Crippen molar-refractivity contribution in [2.45, 2.75) is 31.7 Å². The van der Waals surface area contributed by atoms with E-state index >= 15 is 0 Å². The fourth-order valence-electron chi connectivity index (χ4n) is 4.24. The average molecular weight is 479 g/mol. The van der Waals surface area contributed by atoms with Crippen molar-refractivity contribution in [3.05, 3.63) is 53.2 Å². The maximum absolute atomic E-state index is 12.9. The highest BCUT2D eigenvalue weighted by molar-refractivity contribution is 6.30. The summed E-state index contributed by atoms with van der Waals surface area (Å²) in [7, 11) is 0. The molecule has 0 saturated carbocycles. The van der Waals surface area contributed by atoms with E-state index in [0.717, 1.165) is 52.0 Å². The lowest BCUT2D eigenvalue weighted by molar-refractivity contribution is -0.121. The molecule has 3 heterocycles. The molecule has 2 amide bonds. The zero-order chi connectivity index (χ0) is 21.6. The number of carbonyl (C=O) groups excluding carboxylic acids is 2. The summed E-state index contributed by atoms with van der Waals surface area (Å²) in [6, 6.07) is 10.9. The molecule has 2 aliphatic heterocycles. The number of amides is 2. The number of halogens is 2. The fourth-order valence-corrected chi connectivity index (χ4v) is 4.35. The van der Waals surface area contributed by atoms with Crippen LogP contribution in [-0.2, 0) is 9.53 Å². The highest BCUT2D eigenvalue weighted by atomic mass is 35.5. The van der Waals surface area contributed by atoms with E-state index in [0.29, 0.717) is 28.1 Å². The van der Waals surface area contributed by atoms with Gasteiger partial charge < -0.3 is 20.3 Å². The van der Waals surface area contributed by atoms with Crippen molar-refractivity contribution in [1.82, 2.24) is 9.88 Å². The van der Waals surface area contributed by atoms with E-state index < -0.39 is 0 Å². The predicted molar refractivity (Wildman–Crippen MR) is 128 cm³/mol. The van der Waals surface area contributed by atoms with E-state index in [1.165, 1.54) is 6.20 Å². The fraction of sp³-hybridized carbons (Fsp3) is 0.435. The van der Waals surface area contributed by atoms with Crippen LogP contribution >= 0.6 is 24.0 Å². The number of nitrogens with zero attached hydrogens (tertiary/aromatic N) is 2. The lowest BCUT2D eigenvalue weighted by Crippen LogP contribution is -2.45. The van der Waals surface area contributed by atoms with E-state index in [9.17, 15) is 9.59 Å². The lowest BCUT2D eigenvalue weighted by Gasteiger charge is -2.38. The molecule has 0 radical (unpaired) electrons. The molecule has 4 rings (SSSR count). The minimum atomic E-state index is -0.333. The highest BCUT2D eigenvalue weighted by Crippen LogP contribution is 2.25. The molecule has 0 spiro atoms. The summed E-state index contributed by atoms with van der Waals surface area (Å²) in [5.41, 5.74) is 0.901. The molecule has 2 aliphatic rings. The van der Waals surface area contributed by atoms with Gasteiger partial charge in [0.25, 0.3) is 5.91 Å². The number of anilines is 2. The van der Waals surface area contributed by atoms with Gasteiger partial charge in [-0.15, -0.1) is 12.4 Å². The van der Waals surface area contributed by atoms with Gasteiger partial charge in [0.1, 0.15) is 5.82 Å². The summed E-state index contributed by atoms with van der Waals surface area (Å²) in [6.45, 7) is 3.51. The Balaban J connectivity index is 0.00000289. The SMILES string of the molecule is Cl.O=C(Nc1ccc(Cl)cn1)c1ccccc1NC(=O)C1CCN(C2CCOCC2)CC1. The van der Waals surface area contributed by atoms with Crippen LogP contribution in [0.3, 0.4) is 0 Å². The standard InChI is InChI=1S/C23H27ClN4O3.ClH/c24-17-5-6-21(25-15-17)27-23(30)19-3-1-2-4-20(19)26-22(29)16-7-11-28(12-8-16)18-9-13-31-14-10-18;/h1-6,15-16,18H,7-14H2,(H,26,29)(H,25,27,30);1H. The summed E-state index contributed by atoms with van der Waals surface area (Å²) in [5.74, 6) is -0.0160. The van der Waals surface area contributed by atoms with Crippen LogP contribution in [0.15, 0.2) is 42.6 Å². The number of ether oxygens (including phenoxy) is 1. The first-order chi connectivity index (χ1) is 15.1. The van der Waals surface area contributed by atoms with Crippen LogP contribution in [0, 0.1) is 5.92 Å². The third-order valence-corrected chi connectivity index (χ3v) is 6.23. The minimum absolute atomic E-state index is 0. The van der Waals surface area contributed by atoms with Gasteiger partial charge in [-0.25, -0.2) is 4.98 Å². The number of nitrogens with one attached hydrogen (secondary N) is 2. The molecule has 0 atom stereocenters. The Bertz CT molecular complexity index is 912. The van der Waals surface area contributed by atoms with Crippen molar-refractivity contribution in [3.63, 3.8) is 0 Å². The van der Waals surface area contributed by atoms with Crippen LogP contribution in [-0.4, -0.2) is 54.0 Å². The molecule has 0 aliphatic carbocycles. The van der Waals surface area contributed by atoms with Gasteiger partial charge in [-0.2, -0.15) is 0 Å². The van der Waals surface area contributed by atoms with Crippen LogP contribution in [0.2, 0.25) is 5.02 Å². The Hall–Kier alpha value is -2.19. The van der Waals surface area contributed by atoms with E-state index in [1.807, 2.05) is 0 Å². The molecule has 0 unspecified atom stereocenters. The summed E-state index contributed by atoms with van der Waals surface area (Å²) >= 11 is 5.84. The van der Waals surface area contributed by atoms with Gasteiger partial charge in [0.05, 0.1) is 16.3 Å². The van der Waals surface area contributed by atoms with Crippen molar-refractivity contribution in [1.29, 1.82) is 0 Å². The van der Waals surface area contributed by atoms with Gasteiger partial charge in [-0.05, 0) is 63.0 Å². The zero-order valence-corrected chi connectivity index (χ0v) is 19.3.